The van der Waals surface area contributed by atoms with Crippen LogP contribution in [0.25, 0.3) is 0 Å². The van der Waals surface area contributed by atoms with Crippen molar-refractivity contribution in [2.45, 2.75) is 76.9 Å². The van der Waals surface area contributed by atoms with Crippen LogP contribution in [0, 0.1) is 34.5 Å². The lowest BCUT2D eigenvalue weighted by atomic mass is 9.48. The fourth-order valence-electron chi connectivity index (χ4n) is 7.80. The van der Waals surface area contributed by atoms with E-state index in [1.165, 1.54) is 29.8 Å². The van der Waals surface area contributed by atoms with Gasteiger partial charge in [0.05, 0.1) is 23.4 Å². The molecule has 2 N–H and O–H groups in total. The van der Waals surface area contributed by atoms with Gasteiger partial charge in [-0.1, -0.05) is 43.7 Å². The van der Waals surface area contributed by atoms with Crippen LogP contribution in [0.4, 0.5) is 5.13 Å². The molecule has 33 heavy (non-hydrogen) atoms. The molecule has 4 aliphatic carbocycles. The van der Waals surface area contributed by atoms with Gasteiger partial charge in [-0.3, -0.25) is 0 Å². The van der Waals surface area contributed by atoms with Crippen LogP contribution >= 0.6 is 11.3 Å². The van der Waals surface area contributed by atoms with Gasteiger partial charge in [-0.15, -0.1) is 11.3 Å². The standard InChI is InChI=1S/C28H33N3OS/c1-27-11-9-20(32)13-19(27)7-8-21-22(27)10-12-28(2)23(21)14-24-25(28)31-26(33-24)30-16-18-6-4-3-5-17(18)15-29/h3-7,20-23,32H,8-14,16H2,1-2H3,(H,30,31)/t20-,21?,22?,23?,27-,28-/m0/s1. The van der Waals surface area contributed by atoms with Crippen molar-refractivity contribution >= 4 is 16.5 Å². The van der Waals surface area contributed by atoms with E-state index in [-0.39, 0.29) is 16.9 Å². The fourth-order valence-corrected chi connectivity index (χ4v) is 8.95. The van der Waals surface area contributed by atoms with E-state index < -0.39 is 0 Å². The van der Waals surface area contributed by atoms with Gasteiger partial charge in [-0.2, -0.15) is 5.26 Å². The quantitative estimate of drug-likeness (QED) is 0.555. The number of nitrogens with zero attached hydrogens (tertiary/aromatic N) is 2. The molecule has 2 fully saturated rings. The Hall–Kier alpha value is -2.16. The molecule has 0 saturated heterocycles. The topological polar surface area (TPSA) is 68.9 Å². The Morgan fingerprint density at radius 3 is 2.82 bits per heavy atom. The second-order valence-electron chi connectivity index (χ2n) is 11.2. The summed E-state index contributed by atoms with van der Waals surface area (Å²) in [6.07, 6.45) is 10.2. The van der Waals surface area contributed by atoms with Crippen LogP contribution in [0.15, 0.2) is 35.9 Å². The normalized spacial score (nSPS) is 36.6. The molecule has 0 amide bonds. The van der Waals surface area contributed by atoms with Crippen LogP contribution < -0.4 is 5.32 Å². The van der Waals surface area contributed by atoms with Crippen molar-refractivity contribution in [2.24, 2.45) is 23.2 Å². The van der Waals surface area contributed by atoms with Crippen molar-refractivity contribution in [1.82, 2.24) is 4.98 Å². The van der Waals surface area contributed by atoms with E-state index in [0.29, 0.717) is 12.5 Å². The van der Waals surface area contributed by atoms with Gasteiger partial charge in [-0.25, -0.2) is 4.98 Å². The highest BCUT2D eigenvalue weighted by atomic mass is 32.1. The number of nitrogens with one attached hydrogen (secondary N) is 1. The van der Waals surface area contributed by atoms with Gasteiger partial charge in [0.15, 0.2) is 5.13 Å². The third-order valence-electron chi connectivity index (χ3n) is 9.68. The number of nitriles is 1. The maximum Gasteiger partial charge on any atom is 0.183 e. The summed E-state index contributed by atoms with van der Waals surface area (Å²) in [5.74, 6) is 2.16. The lowest BCUT2D eigenvalue weighted by Gasteiger charge is -2.57. The average Bonchev–Trinajstić information content (AvgIpc) is 3.35. The summed E-state index contributed by atoms with van der Waals surface area (Å²) in [4.78, 5) is 6.61. The highest BCUT2D eigenvalue weighted by Gasteiger charge is 2.58. The molecule has 6 atom stereocenters. The molecule has 0 bridgehead atoms. The molecular weight excluding hydrogens is 426 g/mol. The van der Waals surface area contributed by atoms with Crippen molar-refractivity contribution in [3.8, 4) is 6.07 Å². The molecule has 1 aromatic heterocycles. The molecule has 1 heterocycles. The number of rotatable bonds is 3. The van der Waals surface area contributed by atoms with Crippen LogP contribution in [0.1, 0.15) is 74.1 Å². The Morgan fingerprint density at radius 1 is 1.15 bits per heavy atom. The van der Waals surface area contributed by atoms with E-state index >= 15 is 0 Å². The number of aliphatic hydroxyl groups is 1. The minimum absolute atomic E-state index is 0.136. The number of benzene rings is 1. The first-order valence-electron chi connectivity index (χ1n) is 12.5. The number of aliphatic hydroxyl groups excluding tert-OH is 1. The molecule has 1 aromatic carbocycles. The second kappa shape index (κ2) is 7.68. The Morgan fingerprint density at radius 2 is 1.97 bits per heavy atom. The molecule has 0 aliphatic heterocycles. The highest BCUT2D eigenvalue weighted by molar-refractivity contribution is 7.15. The number of allylic oxidation sites excluding steroid dienone is 1. The van der Waals surface area contributed by atoms with Crippen LogP contribution in [0.3, 0.4) is 0 Å². The van der Waals surface area contributed by atoms with Crippen molar-refractivity contribution < 1.29 is 5.11 Å². The zero-order valence-electron chi connectivity index (χ0n) is 19.6. The lowest BCUT2D eigenvalue weighted by molar-refractivity contribution is -0.0169. The van der Waals surface area contributed by atoms with E-state index in [9.17, 15) is 10.4 Å². The van der Waals surface area contributed by atoms with Gasteiger partial charge >= 0.3 is 0 Å². The molecule has 2 aromatic rings. The van der Waals surface area contributed by atoms with E-state index in [2.05, 4.69) is 31.3 Å². The molecule has 5 heteroatoms. The number of hydrogen-bond donors (Lipinski definition) is 2. The van der Waals surface area contributed by atoms with Crippen molar-refractivity contribution in [2.75, 3.05) is 5.32 Å². The van der Waals surface area contributed by atoms with Gasteiger partial charge in [0, 0.05) is 16.8 Å². The van der Waals surface area contributed by atoms with Crippen molar-refractivity contribution in [3.05, 3.63) is 57.6 Å². The Kier molecular flexibility index (Phi) is 4.98. The molecule has 4 nitrogen and oxygen atoms in total. The van der Waals surface area contributed by atoms with E-state index in [1.807, 2.05) is 35.6 Å². The third kappa shape index (κ3) is 3.21. The summed E-state index contributed by atoms with van der Waals surface area (Å²) >= 11 is 1.83. The van der Waals surface area contributed by atoms with Gasteiger partial charge < -0.3 is 10.4 Å². The molecule has 0 radical (unpaired) electrons. The largest absolute Gasteiger partial charge is 0.393 e. The number of thiazole rings is 1. The fraction of sp³-hybridized carbons (Fsp3) is 0.571. The number of aromatic nitrogens is 1. The maximum absolute atomic E-state index is 10.2. The van der Waals surface area contributed by atoms with E-state index in [1.54, 1.807) is 5.57 Å². The summed E-state index contributed by atoms with van der Waals surface area (Å²) in [5, 5.41) is 24.1. The van der Waals surface area contributed by atoms with Gasteiger partial charge in [-0.05, 0) is 79.7 Å². The minimum atomic E-state index is -0.136. The van der Waals surface area contributed by atoms with Crippen molar-refractivity contribution in [3.63, 3.8) is 0 Å². The Labute approximate surface area is 200 Å². The maximum atomic E-state index is 10.2. The minimum Gasteiger partial charge on any atom is -0.393 e. The Balaban J connectivity index is 1.23. The number of fused-ring (bicyclic) bond motifs is 7. The smallest absolute Gasteiger partial charge is 0.183 e. The predicted molar refractivity (Wildman–Crippen MR) is 132 cm³/mol. The monoisotopic (exact) mass is 459 g/mol. The van der Waals surface area contributed by atoms with Crippen LogP contribution in [-0.2, 0) is 18.4 Å². The summed E-state index contributed by atoms with van der Waals surface area (Å²) in [7, 11) is 0. The number of anilines is 1. The zero-order chi connectivity index (χ0) is 22.8. The van der Waals surface area contributed by atoms with Crippen LogP contribution in [-0.4, -0.2) is 16.2 Å². The van der Waals surface area contributed by atoms with Gasteiger partial charge in [0.25, 0.3) is 0 Å². The first-order chi connectivity index (χ1) is 15.9. The molecular formula is C28H33N3OS. The van der Waals surface area contributed by atoms with E-state index in [0.717, 1.165) is 53.8 Å². The summed E-state index contributed by atoms with van der Waals surface area (Å²) in [6, 6.07) is 10.1. The molecule has 2 saturated carbocycles. The molecule has 4 aliphatic rings. The second-order valence-corrected chi connectivity index (χ2v) is 12.3. The predicted octanol–water partition coefficient (Wildman–Crippen LogP) is 5.96. The van der Waals surface area contributed by atoms with Crippen molar-refractivity contribution in [1.29, 1.82) is 5.26 Å². The summed E-state index contributed by atoms with van der Waals surface area (Å²) in [6.45, 7) is 5.60. The van der Waals surface area contributed by atoms with Gasteiger partial charge in [0.2, 0.25) is 0 Å². The van der Waals surface area contributed by atoms with Crippen LogP contribution in [0.5, 0.6) is 0 Å². The van der Waals surface area contributed by atoms with E-state index in [4.69, 9.17) is 4.98 Å². The molecule has 3 unspecified atom stereocenters. The summed E-state index contributed by atoms with van der Waals surface area (Å²) < 4.78 is 0. The number of hydrogen-bond acceptors (Lipinski definition) is 5. The first kappa shape index (κ1) is 21.4. The van der Waals surface area contributed by atoms with Gasteiger partial charge in [0.1, 0.15) is 0 Å². The lowest BCUT2D eigenvalue weighted by Crippen LogP contribution is -2.51. The molecule has 6 rings (SSSR count). The Bertz CT molecular complexity index is 1160. The SMILES string of the molecule is C[C@]12CC[C@H](O)CC1=CCC1C2CC[C@]2(C)c3nc(NCc4ccccc4C#N)sc3CC12. The van der Waals surface area contributed by atoms with Crippen LogP contribution in [0.2, 0.25) is 0 Å². The molecule has 0 spiro atoms. The first-order valence-corrected chi connectivity index (χ1v) is 13.3. The zero-order valence-corrected chi connectivity index (χ0v) is 20.4. The average molecular weight is 460 g/mol. The molecule has 172 valence electrons. The third-order valence-corrected chi connectivity index (χ3v) is 10.7. The highest BCUT2D eigenvalue weighted by Crippen LogP contribution is 2.64. The summed E-state index contributed by atoms with van der Waals surface area (Å²) in [5.41, 5.74) is 5.09.